The highest BCUT2D eigenvalue weighted by atomic mass is 32.2. The molecule has 170 valence electrons. The number of hydrogen-bond donors (Lipinski definition) is 1. The van der Waals surface area contributed by atoms with Crippen molar-refractivity contribution < 1.29 is 18.7 Å². The van der Waals surface area contributed by atoms with Crippen LogP contribution in [0.15, 0.2) is 48.1 Å². The van der Waals surface area contributed by atoms with E-state index in [9.17, 15) is 14.0 Å². The Morgan fingerprint density at radius 3 is 2.50 bits per heavy atom. The van der Waals surface area contributed by atoms with Gasteiger partial charge in [0, 0.05) is 11.4 Å². The van der Waals surface area contributed by atoms with E-state index in [4.69, 9.17) is 10.6 Å². The van der Waals surface area contributed by atoms with Crippen LogP contribution in [-0.2, 0) is 4.79 Å². The number of amidine groups is 1. The lowest BCUT2D eigenvalue weighted by molar-refractivity contribution is -0.109. The first-order valence-corrected chi connectivity index (χ1v) is 11.0. The molecule has 2 N–H and O–H groups in total. The summed E-state index contributed by atoms with van der Waals surface area (Å²) in [4.78, 5) is 25.7. The van der Waals surface area contributed by atoms with Gasteiger partial charge in [0.1, 0.15) is 18.2 Å². The Morgan fingerprint density at radius 1 is 1.28 bits per heavy atom. The number of hydrazone groups is 1. The number of halogens is 1. The summed E-state index contributed by atoms with van der Waals surface area (Å²) in [5, 5.41) is 4.05. The SMILES string of the molecule is C=C(S/C(=N\N)N(CCCC)C(=O)c1ccccc1F)c1cc(C)c(OCC=O)c(C)c1. The first-order valence-electron chi connectivity index (χ1n) is 10.2. The number of aryl methyl sites for hydroxylation is 2. The largest absolute Gasteiger partial charge is 0.486 e. The van der Waals surface area contributed by atoms with Gasteiger partial charge < -0.3 is 10.6 Å². The molecule has 6 nitrogen and oxygen atoms in total. The maximum Gasteiger partial charge on any atom is 0.262 e. The van der Waals surface area contributed by atoms with Gasteiger partial charge >= 0.3 is 0 Å². The highest BCUT2D eigenvalue weighted by Gasteiger charge is 2.25. The van der Waals surface area contributed by atoms with Gasteiger partial charge in [0.2, 0.25) is 0 Å². The number of carbonyl (C=O) groups excluding carboxylic acids is 2. The number of amides is 1. The first-order chi connectivity index (χ1) is 15.3. The van der Waals surface area contributed by atoms with E-state index < -0.39 is 11.7 Å². The summed E-state index contributed by atoms with van der Waals surface area (Å²) >= 11 is 1.14. The van der Waals surface area contributed by atoms with Crippen molar-refractivity contribution in [3.63, 3.8) is 0 Å². The van der Waals surface area contributed by atoms with Crippen molar-refractivity contribution in [2.24, 2.45) is 10.9 Å². The molecule has 8 heteroatoms. The van der Waals surface area contributed by atoms with Crippen LogP contribution >= 0.6 is 11.8 Å². The molecule has 0 saturated heterocycles. The molecule has 0 heterocycles. The van der Waals surface area contributed by atoms with Gasteiger partial charge in [0.15, 0.2) is 11.5 Å². The maximum absolute atomic E-state index is 14.3. The van der Waals surface area contributed by atoms with Crippen molar-refractivity contribution in [3.8, 4) is 5.75 Å². The number of ether oxygens (including phenoxy) is 1. The van der Waals surface area contributed by atoms with Crippen LogP contribution in [0.1, 0.15) is 46.8 Å². The Labute approximate surface area is 192 Å². The molecule has 0 aliphatic rings. The summed E-state index contributed by atoms with van der Waals surface area (Å²) in [5.74, 6) is 5.19. The molecule has 2 aromatic carbocycles. The van der Waals surface area contributed by atoms with Gasteiger partial charge in [-0.05, 0) is 73.0 Å². The molecule has 0 unspecified atom stereocenters. The predicted molar refractivity (Wildman–Crippen MR) is 128 cm³/mol. The van der Waals surface area contributed by atoms with Crippen molar-refractivity contribution in [1.29, 1.82) is 0 Å². The fourth-order valence-electron chi connectivity index (χ4n) is 3.16. The number of nitrogens with zero attached hydrogens (tertiary/aromatic N) is 2. The van der Waals surface area contributed by atoms with Crippen molar-refractivity contribution in [2.45, 2.75) is 33.6 Å². The van der Waals surface area contributed by atoms with Gasteiger partial charge in [-0.2, -0.15) is 5.10 Å². The second-order valence-corrected chi connectivity index (χ2v) is 8.21. The van der Waals surface area contributed by atoms with Gasteiger partial charge in [-0.25, -0.2) is 4.39 Å². The molecule has 0 radical (unpaired) electrons. The normalized spacial score (nSPS) is 11.2. The molecule has 0 saturated carbocycles. The van der Waals surface area contributed by atoms with Crippen molar-refractivity contribution in [3.05, 3.63) is 71.0 Å². The molecule has 0 aliphatic carbocycles. The second kappa shape index (κ2) is 12.0. The number of hydrogen-bond acceptors (Lipinski definition) is 6. The van der Waals surface area contributed by atoms with Gasteiger partial charge in [-0.1, -0.05) is 32.1 Å². The molecule has 2 aromatic rings. The summed E-state index contributed by atoms with van der Waals surface area (Å²) in [6.07, 6.45) is 2.24. The molecule has 1 amide bonds. The van der Waals surface area contributed by atoms with Crippen LogP contribution in [0, 0.1) is 19.7 Å². The van der Waals surface area contributed by atoms with Gasteiger partial charge in [0.25, 0.3) is 5.91 Å². The lowest BCUT2D eigenvalue weighted by atomic mass is 10.1. The highest BCUT2D eigenvalue weighted by Crippen LogP contribution is 2.33. The maximum atomic E-state index is 14.3. The number of nitrogens with two attached hydrogens (primary N) is 1. The summed E-state index contributed by atoms with van der Waals surface area (Å²) in [6.45, 7) is 10.2. The number of unbranched alkanes of at least 4 members (excludes halogenated alkanes) is 1. The van der Waals surface area contributed by atoms with E-state index in [0.717, 1.165) is 34.9 Å². The van der Waals surface area contributed by atoms with Gasteiger partial charge in [0.05, 0.1) is 5.56 Å². The van der Waals surface area contributed by atoms with E-state index in [2.05, 4.69) is 11.7 Å². The quantitative estimate of drug-likeness (QED) is 0.190. The van der Waals surface area contributed by atoms with E-state index in [1.54, 1.807) is 6.07 Å². The van der Waals surface area contributed by atoms with Crippen LogP contribution in [0.4, 0.5) is 4.39 Å². The minimum absolute atomic E-state index is 0.0226. The van der Waals surface area contributed by atoms with E-state index in [1.165, 1.54) is 23.1 Å². The monoisotopic (exact) mass is 457 g/mol. The van der Waals surface area contributed by atoms with Crippen LogP contribution in [0.3, 0.4) is 0 Å². The molecule has 0 bridgehead atoms. The second-order valence-electron chi connectivity index (χ2n) is 7.14. The zero-order valence-electron chi connectivity index (χ0n) is 18.6. The van der Waals surface area contributed by atoms with Crippen LogP contribution in [-0.4, -0.2) is 35.4 Å². The topological polar surface area (TPSA) is 85.0 Å². The summed E-state index contributed by atoms with van der Waals surface area (Å²) in [5.41, 5.74) is 2.46. The molecular weight excluding hydrogens is 429 g/mol. The summed E-state index contributed by atoms with van der Waals surface area (Å²) in [7, 11) is 0. The number of thioether (sulfide) groups is 1. The van der Waals surface area contributed by atoms with Crippen LogP contribution in [0.2, 0.25) is 0 Å². The smallest absolute Gasteiger partial charge is 0.262 e. The number of rotatable bonds is 9. The lowest BCUT2D eigenvalue weighted by Crippen LogP contribution is -2.37. The lowest BCUT2D eigenvalue weighted by Gasteiger charge is -2.24. The van der Waals surface area contributed by atoms with Gasteiger partial charge in [-0.15, -0.1) is 0 Å². The number of aldehydes is 1. The Kier molecular flexibility index (Phi) is 9.46. The molecule has 0 atom stereocenters. The Morgan fingerprint density at radius 2 is 1.94 bits per heavy atom. The van der Waals surface area contributed by atoms with E-state index in [0.29, 0.717) is 29.9 Å². The minimum atomic E-state index is -0.601. The molecule has 0 aromatic heterocycles. The van der Waals surface area contributed by atoms with Crippen LogP contribution in [0.25, 0.3) is 4.91 Å². The number of carbonyl (C=O) groups is 2. The van der Waals surface area contributed by atoms with Crippen molar-refractivity contribution in [1.82, 2.24) is 4.90 Å². The van der Waals surface area contributed by atoms with E-state index in [-0.39, 0.29) is 17.3 Å². The zero-order chi connectivity index (χ0) is 23.7. The average Bonchev–Trinajstić information content (AvgIpc) is 2.77. The third kappa shape index (κ3) is 6.20. The molecule has 32 heavy (non-hydrogen) atoms. The molecular formula is C24H28FN3O3S. The van der Waals surface area contributed by atoms with Crippen molar-refractivity contribution >= 4 is 34.0 Å². The highest BCUT2D eigenvalue weighted by molar-refractivity contribution is 8.21. The van der Waals surface area contributed by atoms with Crippen LogP contribution in [0.5, 0.6) is 5.75 Å². The van der Waals surface area contributed by atoms with Crippen molar-refractivity contribution in [2.75, 3.05) is 13.2 Å². The fraction of sp³-hybridized carbons (Fsp3) is 0.292. The Hall–Kier alpha value is -3.13. The number of benzene rings is 2. The molecule has 2 rings (SSSR count). The van der Waals surface area contributed by atoms with Gasteiger partial charge in [-0.3, -0.25) is 14.5 Å². The predicted octanol–water partition coefficient (Wildman–Crippen LogP) is 4.90. The standard InChI is InChI=1S/C24H28FN3O3S/c1-5-6-11-28(23(30)20-9-7-8-10-21(20)25)24(27-26)32-18(4)19-14-16(2)22(17(3)15-19)31-13-12-29/h7-10,12,14-15H,4-6,11,13,26H2,1-3H3/b27-24-. The summed E-state index contributed by atoms with van der Waals surface area (Å²) < 4.78 is 19.7. The Balaban J connectivity index is 2.30. The minimum Gasteiger partial charge on any atom is -0.486 e. The fourth-order valence-corrected chi connectivity index (χ4v) is 3.95. The third-order valence-electron chi connectivity index (χ3n) is 4.72. The van der Waals surface area contributed by atoms with E-state index >= 15 is 0 Å². The van der Waals surface area contributed by atoms with Crippen LogP contribution < -0.4 is 10.6 Å². The first kappa shape index (κ1) is 25.1. The zero-order valence-corrected chi connectivity index (χ0v) is 19.4. The molecule has 0 fully saturated rings. The average molecular weight is 458 g/mol. The molecule has 0 aliphatic heterocycles. The third-order valence-corrected chi connectivity index (χ3v) is 5.71. The molecule has 0 spiro atoms. The summed E-state index contributed by atoms with van der Waals surface area (Å²) in [6, 6.07) is 9.59. The Bertz CT molecular complexity index is 1000. The van der Waals surface area contributed by atoms with E-state index in [1.807, 2.05) is 32.9 Å².